The number of morpholine rings is 1. The van der Waals surface area contributed by atoms with Gasteiger partial charge in [-0.25, -0.2) is 4.21 Å². The quantitative estimate of drug-likeness (QED) is 0.760. The summed E-state index contributed by atoms with van der Waals surface area (Å²) < 4.78 is 24.3. The Labute approximate surface area is 164 Å². The van der Waals surface area contributed by atoms with Crippen molar-refractivity contribution in [1.29, 1.82) is 0 Å². The lowest BCUT2D eigenvalue weighted by atomic mass is 10.0. The standard InChI is InChI=1S/C22H29NO3S/c1-15(2)20-14-19(6-7-21(20)25-5)27(24)22-16(3)12-18(13-17(22)4)23-8-10-26-11-9-23/h6-7,12-15H,8-11H2,1-5H3. The SMILES string of the molecule is COc1ccc(S(=O)c2c(C)cc(N3CCOCC3)cc2C)cc1C(C)C. The number of hydrogen-bond donors (Lipinski definition) is 0. The zero-order valence-corrected chi connectivity index (χ0v) is 17.7. The number of nitrogens with zero attached hydrogens (tertiary/aromatic N) is 1. The van der Waals surface area contributed by atoms with Crippen molar-refractivity contribution in [1.82, 2.24) is 0 Å². The van der Waals surface area contributed by atoms with Gasteiger partial charge >= 0.3 is 0 Å². The second-order valence-electron chi connectivity index (χ2n) is 7.34. The lowest BCUT2D eigenvalue weighted by Gasteiger charge is -2.30. The van der Waals surface area contributed by atoms with E-state index < -0.39 is 10.8 Å². The molecule has 0 aromatic heterocycles. The Bertz CT molecular complexity index is 818. The third kappa shape index (κ3) is 4.19. The lowest BCUT2D eigenvalue weighted by molar-refractivity contribution is 0.122. The molecule has 5 heteroatoms. The molecule has 1 aliphatic heterocycles. The van der Waals surface area contributed by atoms with Crippen LogP contribution < -0.4 is 9.64 Å². The van der Waals surface area contributed by atoms with Crippen LogP contribution in [0.3, 0.4) is 0 Å². The number of benzene rings is 2. The van der Waals surface area contributed by atoms with Crippen LogP contribution in [0.5, 0.6) is 5.75 Å². The molecule has 0 aliphatic carbocycles. The minimum Gasteiger partial charge on any atom is -0.496 e. The van der Waals surface area contributed by atoms with Crippen LogP contribution in [-0.2, 0) is 15.5 Å². The zero-order chi connectivity index (χ0) is 19.6. The molecule has 3 rings (SSSR count). The van der Waals surface area contributed by atoms with Gasteiger partial charge in [-0.2, -0.15) is 0 Å². The van der Waals surface area contributed by atoms with E-state index in [9.17, 15) is 4.21 Å². The second kappa shape index (κ2) is 8.44. The molecule has 1 heterocycles. The van der Waals surface area contributed by atoms with Crippen LogP contribution in [0.4, 0.5) is 5.69 Å². The molecule has 2 aromatic carbocycles. The van der Waals surface area contributed by atoms with Crippen LogP contribution in [0.25, 0.3) is 0 Å². The third-order valence-corrected chi connectivity index (χ3v) is 6.74. The first-order valence-electron chi connectivity index (χ1n) is 9.46. The molecule has 0 spiro atoms. The predicted octanol–water partition coefficient (Wildman–Crippen LogP) is 4.44. The number of methoxy groups -OCH3 is 1. The number of hydrogen-bond acceptors (Lipinski definition) is 4. The number of anilines is 1. The first kappa shape index (κ1) is 19.9. The van der Waals surface area contributed by atoms with Crippen molar-refractivity contribution in [2.24, 2.45) is 0 Å². The Balaban J connectivity index is 1.96. The summed E-state index contributed by atoms with van der Waals surface area (Å²) in [6, 6.07) is 10.2. The van der Waals surface area contributed by atoms with Crippen molar-refractivity contribution in [3.8, 4) is 5.75 Å². The predicted molar refractivity (Wildman–Crippen MR) is 111 cm³/mol. The molecular weight excluding hydrogens is 358 g/mol. The molecule has 0 saturated carbocycles. The molecule has 2 aromatic rings. The summed E-state index contributed by atoms with van der Waals surface area (Å²) in [5, 5.41) is 0. The van der Waals surface area contributed by atoms with Crippen LogP contribution >= 0.6 is 0 Å². The maximum absolute atomic E-state index is 13.4. The Morgan fingerprint density at radius 2 is 1.70 bits per heavy atom. The van der Waals surface area contributed by atoms with E-state index in [-0.39, 0.29) is 0 Å². The maximum Gasteiger partial charge on any atom is 0.122 e. The monoisotopic (exact) mass is 387 g/mol. The van der Waals surface area contributed by atoms with E-state index in [0.29, 0.717) is 5.92 Å². The average Bonchev–Trinajstić information content (AvgIpc) is 2.67. The highest BCUT2D eigenvalue weighted by Gasteiger charge is 2.19. The molecule has 27 heavy (non-hydrogen) atoms. The van der Waals surface area contributed by atoms with Crippen molar-refractivity contribution in [2.75, 3.05) is 38.3 Å². The highest BCUT2D eigenvalue weighted by molar-refractivity contribution is 7.85. The van der Waals surface area contributed by atoms with E-state index in [1.54, 1.807) is 7.11 Å². The van der Waals surface area contributed by atoms with E-state index in [1.807, 2.05) is 18.2 Å². The fraction of sp³-hybridized carbons (Fsp3) is 0.455. The van der Waals surface area contributed by atoms with Gasteiger partial charge in [0.15, 0.2) is 0 Å². The van der Waals surface area contributed by atoms with E-state index in [0.717, 1.165) is 58.5 Å². The van der Waals surface area contributed by atoms with Gasteiger partial charge in [0, 0.05) is 28.6 Å². The van der Waals surface area contributed by atoms with Gasteiger partial charge in [0.25, 0.3) is 0 Å². The Kier molecular flexibility index (Phi) is 6.22. The summed E-state index contributed by atoms with van der Waals surface area (Å²) in [6.45, 7) is 11.7. The molecular formula is C22H29NO3S. The van der Waals surface area contributed by atoms with Gasteiger partial charge in [-0.1, -0.05) is 13.8 Å². The second-order valence-corrected chi connectivity index (χ2v) is 8.75. The Hall–Kier alpha value is -1.85. The fourth-order valence-electron chi connectivity index (χ4n) is 3.62. The van der Waals surface area contributed by atoms with Crippen molar-refractivity contribution < 1.29 is 13.7 Å². The van der Waals surface area contributed by atoms with Gasteiger partial charge in [0.05, 0.1) is 31.1 Å². The van der Waals surface area contributed by atoms with Gasteiger partial charge in [-0.3, -0.25) is 0 Å². The first-order chi connectivity index (χ1) is 12.9. The summed E-state index contributed by atoms with van der Waals surface area (Å²) in [5.74, 6) is 1.16. The Morgan fingerprint density at radius 1 is 1.07 bits per heavy atom. The fourth-order valence-corrected chi connectivity index (χ4v) is 4.98. The van der Waals surface area contributed by atoms with Gasteiger partial charge in [0.2, 0.25) is 0 Å². The van der Waals surface area contributed by atoms with E-state index in [1.165, 1.54) is 5.69 Å². The van der Waals surface area contributed by atoms with Gasteiger partial charge in [0.1, 0.15) is 5.75 Å². The molecule has 0 bridgehead atoms. The average molecular weight is 388 g/mol. The molecule has 0 N–H and O–H groups in total. The van der Waals surface area contributed by atoms with Gasteiger partial charge in [-0.15, -0.1) is 0 Å². The van der Waals surface area contributed by atoms with Gasteiger partial charge in [-0.05, 0) is 66.8 Å². The van der Waals surface area contributed by atoms with Gasteiger partial charge < -0.3 is 14.4 Å². The minimum atomic E-state index is -1.22. The van der Waals surface area contributed by atoms with Crippen LogP contribution in [-0.4, -0.2) is 37.6 Å². The van der Waals surface area contributed by atoms with Crippen LogP contribution in [0.2, 0.25) is 0 Å². The summed E-state index contributed by atoms with van der Waals surface area (Å²) >= 11 is 0. The molecule has 4 nitrogen and oxygen atoms in total. The highest BCUT2D eigenvalue weighted by atomic mass is 32.2. The van der Waals surface area contributed by atoms with Crippen LogP contribution in [0.1, 0.15) is 36.5 Å². The third-order valence-electron chi connectivity index (χ3n) is 5.04. The highest BCUT2D eigenvalue weighted by Crippen LogP contribution is 2.33. The topological polar surface area (TPSA) is 38.8 Å². The van der Waals surface area contributed by atoms with E-state index >= 15 is 0 Å². The largest absolute Gasteiger partial charge is 0.496 e. The van der Waals surface area contributed by atoms with Crippen molar-refractivity contribution >= 4 is 16.5 Å². The maximum atomic E-state index is 13.4. The van der Waals surface area contributed by atoms with Crippen molar-refractivity contribution in [3.63, 3.8) is 0 Å². The van der Waals surface area contributed by atoms with Crippen LogP contribution in [0.15, 0.2) is 40.1 Å². The molecule has 1 fully saturated rings. The number of ether oxygens (including phenoxy) is 2. The normalized spacial score (nSPS) is 15.9. The molecule has 146 valence electrons. The molecule has 0 amide bonds. The summed E-state index contributed by atoms with van der Waals surface area (Å²) in [7, 11) is 0.458. The molecule has 1 saturated heterocycles. The molecule has 0 radical (unpaired) electrons. The zero-order valence-electron chi connectivity index (χ0n) is 16.9. The van der Waals surface area contributed by atoms with Crippen LogP contribution in [0, 0.1) is 13.8 Å². The molecule has 1 aliphatic rings. The van der Waals surface area contributed by atoms with Crippen molar-refractivity contribution in [3.05, 3.63) is 47.0 Å². The number of rotatable bonds is 5. The lowest BCUT2D eigenvalue weighted by Crippen LogP contribution is -2.36. The molecule has 1 atom stereocenters. The van der Waals surface area contributed by atoms with E-state index in [4.69, 9.17) is 9.47 Å². The van der Waals surface area contributed by atoms with E-state index in [2.05, 4.69) is 44.7 Å². The summed E-state index contributed by atoms with van der Waals surface area (Å²) in [6.07, 6.45) is 0. The molecule has 1 unspecified atom stereocenters. The minimum absolute atomic E-state index is 0.308. The number of aryl methyl sites for hydroxylation is 2. The Morgan fingerprint density at radius 3 is 2.26 bits per heavy atom. The first-order valence-corrected chi connectivity index (χ1v) is 10.6. The summed E-state index contributed by atoms with van der Waals surface area (Å²) in [4.78, 5) is 4.07. The summed E-state index contributed by atoms with van der Waals surface area (Å²) in [5.41, 5.74) is 4.41. The van der Waals surface area contributed by atoms with Crippen molar-refractivity contribution in [2.45, 2.75) is 43.4 Å². The smallest absolute Gasteiger partial charge is 0.122 e.